The maximum absolute atomic E-state index is 13.0. The number of amides is 1. The van der Waals surface area contributed by atoms with E-state index in [1.54, 1.807) is 7.11 Å². The zero-order valence-electron chi connectivity index (χ0n) is 19.4. The molecule has 0 bridgehead atoms. The molecule has 3 aromatic rings. The summed E-state index contributed by atoms with van der Waals surface area (Å²) in [6, 6.07) is 12.2. The fourth-order valence-electron chi connectivity index (χ4n) is 5.29. The van der Waals surface area contributed by atoms with E-state index in [9.17, 15) is 9.59 Å². The highest BCUT2D eigenvalue weighted by atomic mass is 32.1. The topological polar surface area (TPSA) is 88.5 Å². The van der Waals surface area contributed by atoms with E-state index in [1.807, 2.05) is 18.2 Å². The van der Waals surface area contributed by atoms with Crippen LogP contribution < -0.4 is 10.1 Å². The van der Waals surface area contributed by atoms with Crippen LogP contribution >= 0.6 is 11.3 Å². The van der Waals surface area contributed by atoms with Crippen molar-refractivity contribution in [2.24, 2.45) is 11.8 Å². The van der Waals surface area contributed by atoms with Crippen LogP contribution in [0.25, 0.3) is 21.2 Å². The van der Waals surface area contributed by atoms with E-state index in [4.69, 9.17) is 14.8 Å². The molecule has 1 aromatic heterocycles. The lowest BCUT2D eigenvalue weighted by Crippen LogP contribution is -2.46. The fourth-order valence-corrected chi connectivity index (χ4v) is 6.33. The summed E-state index contributed by atoms with van der Waals surface area (Å²) < 4.78 is 5.58. The van der Waals surface area contributed by atoms with E-state index in [0.29, 0.717) is 23.8 Å². The first-order chi connectivity index (χ1) is 16.5. The molecule has 0 unspecified atom stereocenters. The molecule has 0 aliphatic heterocycles. The molecule has 34 heavy (non-hydrogen) atoms. The summed E-state index contributed by atoms with van der Waals surface area (Å²) >= 11 is 1.44. The number of nitrogens with zero attached hydrogens (tertiary/aromatic N) is 1. The van der Waals surface area contributed by atoms with E-state index < -0.39 is 5.97 Å². The molecule has 1 heterocycles. The average molecular weight is 479 g/mol. The zero-order valence-corrected chi connectivity index (χ0v) is 20.2. The number of carbonyl (C=O) groups is 2. The summed E-state index contributed by atoms with van der Waals surface area (Å²) in [5.74, 6) is 0.0762. The number of aliphatic carboxylic acids is 1. The highest BCUT2D eigenvalue weighted by Crippen LogP contribution is 2.40. The molecule has 2 aliphatic carbocycles. The Morgan fingerprint density at radius 3 is 2.53 bits per heavy atom. The molecule has 7 heteroatoms. The minimum Gasteiger partial charge on any atom is -0.496 e. The van der Waals surface area contributed by atoms with Gasteiger partial charge in [-0.05, 0) is 42.7 Å². The number of hydrogen-bond acceptors (Lipinski definition) is 5. The second-order valence-corrected chi connectivity index (χ2v) is 10.5. The smallest absolute Gasteiger partial charge is 0.306 e. The number of fused-ring (bicyclic) bond motifs is 1. The molecule has 1 amide bonds. The first kappa shape index (κ1) is 22.8. The van der Waals surface area contributed by atoms with Gasteiger partial charge in [0.15, 0.2) is 5.01 Å². The second kappa shape index (κ2) is 9.74. The molecule has 0 spiro atoms. The standard InChI is InChI=1S/C27H30N2O4S/c1-33-23-12-11-21(19-9-5-6-10-20(19)23)24-22(13-16-7-3-2-4-8-16)29-26(34-24)25(30)28-18-14-17(15-18)27(31)32/h5-6,9-12,16-18H,2-4,7-8,13-15H2,1H3,(H,28,30)(H,31,32)/t17-,18-. The average Bonchev–Trinajstić information content (AvgIpc) is 3.24. The Bertz CT molecular complexity index is 1210. The molecule has 2 N–H and O–H groups in total. The largest absolute Gasteiger partial charge is 0.496 e. The van der Waals surface area contributed by atoms with Gasteiger partial charge >= 0.3 is 5.97 Å². The van der Waals surface area contributed by atoms with Crippen molar-refractivity contribution in [3.63, 3.8) is 0 Å². The van der Waals surface area contributed by atoms with Gasteiger partial charge in [-0.2, -0.15) is 0 Å². The van der Waals surface area contributed by atoms with Crippen LogP contribution in [0.15, 0.2) is 36.4 Å². The maximum Gasteiger partial charge on any atom is 0.306 e. The minimum atomic E-state index is -0.789. The molecule has 2 aliphatic rings. The number of carboxylic acid groups (broad SMARTS) is 1. The predicted molar refractivity (Wildman–Crippen MR) is 134 cm³/mol. The molecule has 2 aromatic carbocycles. The van der Waals surface area contributed by atoms with Gasteiger partial charge in [0.05, 0.1) is 23.6 Å². The Morgan fingerprint density at radius 1 is 1.09 bits per heavy atom. The number of benzene rings is 2. The van der Waals surface area contributed by atoms with E-state index in [-0.39, 0.29) is 17.9 Å². The van der Waals surface area contributed by atoms with Gasteiger partial charge in [0.1, 0.15) is 5.75 Å². The van der Waals surface area contributed by atoms with Gasteiger partial charge in [-0.3, -0.25) is 9.59 Å². The van der Waals surface area contributed by atoms with Crippen molar-refractivity contribution >= 4 is 34.0 Å². The van der Waals surface area contributed by atoms with E-state index in [2.05, 4.69) is 23.5 Å². The third-order valence-corrected chi connectivity index (χ3v) is 8.40. The lowest BCUT2D eigenvalue weighted by atomic mass is 9.80. The molecule has 178 valence electrons. The predicted octanol–water partition coefficient (Wildman–Crippen LogP) is 5.69. The lowest BCUT2D eigenvalue weighted by Gasteiger charge is -2.32. The Labute approximate surface area is 203 Å². The van der Waals surface area contributed by atoms with Crippen molar-refractivity contribution in [2.75, 3.05) is 7.11 Å². The normalized spacial score (nSPS) is 20.6. The van der Waals surface area contributed by atoms with Crippen molar-refractivity contribution in [3.05, 3.63) is 47.1 Å². The fraction of sp³-hybridized carbons (Fsp3) is 0.444. The van der Waals surface area contributed by atoms with Gasteiger partial charge in [-0.1, -0.05) is 56.4 Å². The van der Waals surface area contributed by atoms with Crippen LogP contribution in [-0.4, -0.2) is 35.1 Å². The summed E-state index contributed by atoms with van der Waals surface area (Å²) in [5.41, 5.74) is 2.07. The van der Waals surface area contributed by atoms with Gasteiger partial charge in [-0.15, -0.1) is 11.3 Å². The summed E-state index contributed by atoms with van der Waals surface area (Å²) in [6.07, 6.45) is 8.08. The molecule has 2 fully saturated rings. The van der Waals surface area contributed by atoms with Crippen LogP contribution in [0.2, 0.25) is 0 Å². The SMILES string of the molecule is COc1ccc(-c2sc(C(=O)N[C@H]3C[C@H](C(=O)O)C3)nc2CC2CCCCC2)c2ccccc12. The third-order valence-electron chi connectivity index (χ3n) is 7.27. The number of ether oxygens (including phenoxy) is 1. The molecule has 5 rings (SSSR count). The number of hydrogen-bond donors (Lipinski definition) is 2. The maximum atomic E-state index is 13.0. The van der Waals surface area contributed by atoms with Crippen LogP contribution in [0.1, 0.15) is 60.4 Å². The van der Waals surface area contributed by atoms with Crippen LogP contribution in [-0.2, 0) is 11.2 Å². The van der Waals surface area contributed by atoms with Crippen molar-refractivity contribution in [3.8, 4) is 16.2 Å². The van der Waals surface area contributed by atoms with Crippen molar-refractivity contribution in [1.82, 2.24) is 10.3 Å². The van der Waals surface area contributed by atoms with Gasteiger partial charge in [-0.25, -0.2) is 4.98 Å². The Hall–Kier alpha value is -2.93. The highest BCUT2D eigenvalue weighted by molar-refractivity contribution is 7.17. The lowest BCUT2D eigenvalue weighted by molar-refractivity contribution is -0.145. The number of thiazole rings is 1. The highest BCUT2D eigenvalue weighted by Gasteiger charge is 2.36. The van der Waals surface area contributed by atoms with Gasteiger partial charge in [0.2, 0.25) is 0 Å². The van der Waals surface area contributed by atoms with Crippen molar-refractivity contribution in [2.45, 2.75) is 57.4 Å². The first-order valence-corrected chi connectivity index (χ1v) is 12.9. The number of carboxylic acids is 1. The summed E-state index contributed by atoms with van der Waals surface area (Å²) in [6.45, 7) is 0. The Morgan fingerprint density at radius 2 is 1.82 bits per heavy atom. The van der Waals surface area contributed by atoms with E-state index in [1.165, 1.54) is 43.4 Å². The molecule has 2 saturated carbocycles. The molecule has 6 nitrogen and oxygen atoms in total. The molecular formula is C27H30N2O4S. The minimum absolute atomic E-state index is 0.0930. The first-order valence-electron chi connectivity index (χ1n) is 12.1. The number of methoxy groups -OCH3 is 1. The van der Waals surface area contributed by atoms with Gasteiger partial charge in [0, 0.05) is 17.0 Å². The number of aromatic nitrogens is 1. The van der Waals surface area contributed by atoms with Gasteiger partial charge < -0.3 is 15.2 Å². The third kappa shape index (κ3) is 4.53. The molecule has 0 radical (unpaired) electrons. The Balaban J connectivity index is 1.48. The summed E-state index contributed by atoms with van der Waals surface area (Å²) in [7, 11) is 1.68. The van der Waals surface area contributed by atoms with Gasteiger partial charge in [0.25, 0.3) is 5.91 Å². The Kier molecular flexibility index (Phi) is 6.55. The number of rotatable bonds is 7. The monoisotopic (exact) mass is 478 g/mol. The van der Waals surface area contributed by atoms with Crippen molar-refractivity contribution < 1.29 is 19.4 Å². The molecule has 0 saturated heterocycles. The van der Waals surface area contributed by atoms with E-state index in [0.717, 1.165) is 39.1 Å². The van der Waals surface area contributed by atoms with Crippen LogP contribution in [0.4, 0.5) is 0 Å². The quantitative estimate of drug-likeness (QED) is 0.456. The van der Waals surface area contributed by atoms with Crippen LogP contribution in [0.3, 0.4) is 0 Å². The molecule has 0 atom stereocenters. The summed E-state index contributed by atoms with van der Waals surface area (Å²) in [4.78, 5) is 30.0. The zero-order chi connectivity index (χ0) is 23.7. The summed E-state index contributed by atoms with van der Waals surface area (Å²) in [5, 5.41) is 14.7. The second-order valence-electron chi connectivity index (χ2n) is 9.54. The number of nitrogens with one attached hydrogen (secondary N) is 1. The molecular weight excluding hydrogens is 448 g/mol. The van der Waals surface area contributed by atoms with E-state index >= 15 is 0 Å². The van der Waals surface area contributed by atoms with Crippen molar-refractivity contribution in [1.29, 1.82) is 0 Å². The van der Waals surface area contributed by atoms with Crippen LogP contribution in [0.5, 0.6) is 5.75 Å². The van der Waals surface area contributed by atoms with Crippen LogP contribution in [0, 0.1) is 11.8 Å². The number of carbonyl (C=O) groups excluding carboxylic acids is 1.